The average molecular weight is 280 g/mol. The van der Waals surface area contributed by atoms with E-state index >= 15 is 0 Å². The number of carbonyl (C=O) groups is 2. The van der Waals surface area contributed by atoms with Gasteiger partial charge in [-0.15, -0.1) is 0 Å². The van der Waals surface area contributed by atoms with Gasteiger partial charge in [0.1, 0.15) is 6.61 Å². The zero-order valence-corrected chi connectivity index (χ0v) is 11.9. The lowest BCUT2D eigenvalue weighted by atomic mass is 9.39. The minimum Gasteiger partial charge on any atom is -0.467 e. The number of hydrogen-bond donors (Lipinski definition) is 0. The van der Waals surface area contributed by atoms with Crippen molar-refractivity contribution in [2.45, 2.75) is 38.2 Å². The van der Waals surface area contributed by atoms with Crippen LogP contribution >= 0.6 is 0 Å². The van der Waals surface area contributed by atoms with Gasteiger partial charge in [-0.3, -0.25) is 4.79 Å². The summed E-state index contributed by atoms with van der Waals surface area (Å²) in [5.74, 6) is 0.856. The second-order valence-electron chi connectivity index (χ2n) is 7.16. The second-order valence-corrected chi connectivity index (χ2v) is 7.16. The molecule has 4 saturated carbocycles. The van der Waals surface area contributed by atoms with Crippen molar-refractivity contribution >= 4 is 11.9 Å². The number of methoxy groups -OCH3 is 1. The summed E-state index contributed by atoms with van der Waals surface area (Å²) in [5, 5.41) is 0. The molecule has 0 amide bonds. The molecule has 5 nitrogen and oxygen atoms in total. The van der Waals surface area contributed by atoms with Crippen molar-refractivity contribution in [2.24, 2.45) is 22.7 Å². The highest BCUT2D eigenvalue weighted by Gasteiger charge is 2.91. The maximum atomic E-state index is 11.3. The molecule has 0 aromatic carbocycles. The highest BCUT2D eigenvalue weighted by Crippen LogP contribution is 2.92. The van der Waals surface area contributed by atoms with Gasteiger partial charge in [-0.1, -0.05) is 0 Å². The van der Waals surface area contributed by atoms with Gasteiger partial charge < -0.3 is 14.2 Å². The van der Waals surface area contributed by atoms with Crippen LogP contribution in [0, 0.1) is 22.7 Å². The molecule has 5 atom stereocenters. The molecule has 0 saturated heterocycles. The van der Waals surface area contributed by atoms with Crippen LogP contribution < -0.4 is 0 Å². The van der Waals surface area contributed by atoms with Gasteiger partial charge in [0, 0.05) is 17.8 Å². The second kappa shape index (κ2) is 3.56. The normalized spacial score (nSPS) is 49.3. The fourth-order valence-corrected chi connectivity index (χ4v) is 5.86. The number of esters is 2. The molecule has 0 heterocycles. The van der Waals surface area contributed by atoms with Crippen molar-refractivity contribution in [1.82, 2.24) is 0 Å². The van der Waals surface area contributed by atoms with Crippen LogP contribution in [0.2, 0.25) is 0 Å². The molecule has 4 aliphatic rings. The van der Waals surface area contributed by atoms with Crippen molar-refractivity contribution in [3.63, 3.8) is 0 Å². The monoisotopic (exact) mass is 280 g/mol. The van der Waals surface area contributed by atoms with Crippen LogP contribution in [-0.2, 0) is 23.8 Å². The number of rotatable bonds is 5. The summed E-state index contributed by atoms with van der Waals surface area (Å²) in [7, 11) is 1.39. The predicted octanol–water partition coefficient (Wildman–Crippen LogP) is 1.30. The molecule has 0 aliphatic heterocycles. The number of carbonyl (C=O) groups excluding carboxylic acids is 2. The standard InChI is InChI=1S/C15H20O5/c1-9(16)19-8-13-3-10-4-15(20-5-11(17)18-2)7-14(15,6-13)12(10)13/h10,12H,3-8H2,1-2H3. The van der Waals surface area contributed by atoms with E-state index in [0.29, 0.717) is 18.4 Å². The van der Waals surface area contributed by atoms with Crippen LogP contribution in [0.5, 0.6) is 0 Å². The molecular formula is C15H20O5. The Labute approximate surface area is 117 Å². The minimum atomic E-state index is -0.300. The van der Waals surface area contributed by atoms with Crippen molar-refractivity contribution < 1.29 is 23.8 Å². The molecule has 5 heteroatoms. The summed E-state index contributed by atoms with van der Waals surface area (Å²) < 4.78 is 15.8. The maximum Gasteiger partial charge on any atom is 0.331 e. The summed E-state index contributed by atoms with van der Waals surface area (Å²) >= 11 is 0. The predicted molar refractivity (Wildman–Crippen MR) is 67.6 cm³/mol. The topological polar surface area (TPSA) is 61.8 Å². The molecule has 0 aromatic rings. The summed E-state index contributed by atoms with van der Waals surface area (Å²) in [5.41, 5.74) is 0.431. The third-order valence-corrected chi connectivity index (χ3v) is 6.29. The molecule has 110 valence electrons. The molecule has 4 fully saturated rings. The van der Waals surface area contributed by atoms with Gasteiger partial charge >= 0.3 is 11.9 Å². The Morgan fingerprint density at radius 3 is 2.75 bits per heavy atom. The first-order chi connectivity index (χ1) is 9.47. The Morgan fingerprint density at radius 1 is 1.25 bits per heavy atom. The minimum absolute atomic E-state index is 0.0641. The molecule has 5 unspecified atom stereocenters. The summed E-state index contributed by atoms with van der Waals surface area (Å²) in [6.45, 7) is 2.10. The van der Waals surface area contributed by atoms with Crippen LogP contribution in [-0.4, -0.2) is 37.9 Å². The molecule has 20 heavy (non-hydrogen) atoms. The van der Waals surface area contributed by atoms with Crippen LogP contribution in [0.1, 0.15) is 32.6 Å². The number of ether oxygens (including phenoxy) is 3. The van der Waals surface area contributed by atoms with Gasteiger partial charge in [-0.25, -0.2) is 4.79 Å². The highest BCUT2D eigenvalue weighted by atomic mass is 16.6. The van der Waals surface area contributed by atoms with Gasteiger partial charge in [0.15, 0.2) is 0 Å². The molecule has 0 N–H and O–H groups in total. The maximum absolute atomic E-state index is 11.3. The lowest BCUT2D eigenvalue weighted by Gasteiger charge is -2.65. The van der Waals surface area contributed by atoms with Crippen molar-refractivity contribution in [1.29, 1.82) is 0 Å². The van der Waals surface area contributed by atoms with Gasteiger partial charge in [-0.2, -0.15) is 0 Å². The summed E-state index contributed by atoms with van der Waals surface area (Å²) in [6.07, 6.45) is 4.38. The Hall–Kier alpha value is -1.10. The first kappa shape index (κ1) is 12.6. The highest BCUT2D eigenvalue weighted by molar-refractivity contribution is 5.70. The molecule has 4 rings (SSSR count). The van der Waals surface area contributed by atoms with E-state index in [4.69, 9.17) is 9.47 Å². The van der Waals surface area contributed by atoms with Crippen molar-refractivity contribution in [2.75, 3.05) is 20.3 Å². The Morgan fingerprint density at radius 2 is 2.05 bits per heavy atom. The Bertz CT molecular complexity index is 502. The molecule has 4 aliphatic carbocycles. The Kier molecular flexibility index (Phi) is 2.25. The smallest absolute Gasteiger partial charge is 0.331 e. The van der Waals surface area contributed by atoms with Gasteiger partial charge in [0.05, 0.1) is 19.3 Å². The van der Waals surface area contributed by atoms with Crippen LogP contribution in [0.4, 0.5) is 0 Å². The van der Waals surface area contributed by atoms with E-state index in [1.54, 1.807) is 0 Å². The number of hydrogen-bond acceptors (Lipinski definition) is 5. The first-order valence-electron chi connectivity index (χ1n) is 7.31. The molecule has 0 aromatic heterocycles. The zero-order valence-electron chi connectivity index (χ0n) is 11.9. The first-order valence-corrected chi connectivity index (χ1v) is 7.31. The lowest BCUT2D eigenvalue weighted by Crippen LogP contribution is -2.62. The van der Waals surface area contributed by atoms with Gasteiger partial charge in [0.25, 0.3) is 0 Å². The average Bonchev–Trinajstić information content (AvgIpc) is 2.97. The molecule has 1 spiro atoms. The van der Waals surface area contributed by atoms with Gasteiger partial charge in [-0.05, 0) is 37.5 Å². The van der Waals surface area contributed by atoms with E-state index in [1.807, 2.05) is 0 Å². The fourth-order valence-electron chi connectivity index (χ4n) is 5.86. The van der Waals surface area contributed by atoms with Crippen LogP contribution in [0.25, 0.3) is 0 Å². The zero-order chi connectivity index (χ0) is 14.2. The SMILES string of the molecule is COC(=O)COC12CC3CC4(COC(C)=O)CC1(C2)C34. The summed E-state index contributed by atoms with van der Waals surface area (Å²) in [6, 6.07) is 0. The van der Waals surface area contributed by atoms with E-state index in [1.165, 1.54) is 14.0 Å². The van der Waals surface area contributed by atoms with Crippen molar-refractivity contribution in [3.05, 3.63) is 0 Å². The quantitative estimate of drug-likeness (QED) is 0.710. The van der Waals surface area contributed by atoms with E-state index in [0.717, 1.165) is 25.7 Å². The molecule has 0 bridgehead atoms. The summed E-state index contributed by atoms with van der Waals surface area (Å²) in [4.78, 5) is 22.3. The van der Waals surface area contributed by atoms with Gasteiger partial charge in [0.2, 0.25) is 0 Å². The lowest BCUT2D eigenvalue weighted by molar-refractivity contribution is -0.214. The largest absolute Gasteiger partial charge is 0.467 e. The van der Waals surface area contributed by atoms with E-state index in [2.05, 4.69) is 4.74 Å². The van der Waals surface area contributed by atoms with E-state index < -0.39 is 0 Å². The van der Waals surface area contributed by atoms with Crippen molar-refractivity contribution in [3.8, 4) is 0 Å². The van der Waals surface area contributed by atoms with Crippen LogP contribution in [0.15, 0.2) is 0 Å². The third-order valence-electron chi connectivity index (χ3n) is 6.29. The van der Waals surface area contributed by atoms with Crippen LogP contribution in [0.3, 0.4) is 0 Å². The van der Waals surface area contributed by atoms with E-state index in [-0.39, 0.29) is 35.0 Å². The molecular weight excluding hydrogens is 260 g/mol. The molecule has 0 radical (unpaired) electrons. The Balaban J connectivity index is 1.42. The van der Waals surface area contributed by atoms with E-state index in [9.17, 15) is 9.59 Å². The fraction of sp³-hybridized carbons (Fsp3) is 0.867. The third kappa shape index (κ3) is 1.27.